The van der Waals surface area contributed by atoms with Crippen LogP contribution in [0.25, 0.3) is 11.0 Å². The van der Waals surface area contributed by atoms with Gasteiger partial charge in [-0.15, -0.1) is 0 Å². The van der Waals surface area contributed by atoms with Gasteiger partial charge in [0.15, 0.2) is 0 Å². The Balaban J connectivity index is 1.60. The van der Waals surface area contributed by atoms with E-state index in [1.807, 2.05) is 4.90 Å². The Labute approximate surface area is 200 Å². The molecule has 35 heavy (non-hydrogen) atoms. The molecular weight excluding hydrogens is 487 g/mol. The van der Waals surface area contributed by atoms with Gasteiger partial charge in [0.1, 0.15) is 45.0 Å². The summed E-state index contributed by atoms with van der Waals surface area (Å²) in [4.78, 5) is 19.0. The monoisotopic (exact) mass is 513 g/mol. The molecule has 3 aromatic heterocycles. The predicted octanol–water partition coefficient (Wildman–Crippen LogP) is 3.15. The van der Waals surface area contributed by atoms with E-state index in [1.54, 1.807) is 6.07 Å². The molecule has 2 atom stereocenters. The molecule has 1 fully saturated rings. The molecule has 4 heterocycles. The van der Waals surface area contributed by atoms with E-state index in [0.29, 0.717) is 37.7 Å². The Kier molecular flexibility index (Phi) is 6.62. The van der Waals surface area contributed by atoms with Gasteiger partial charge in [0.25, 0.3) is 0 Å². The fourth-order valence-electron chi connectivity index (χ4n) is 4.12. The number of piperidine rings is 1. The van der Waals surface area contributed by atoms with Gasteiger partial charge in [-0.3, -0.25) is 0 Å². The standard InChI is InChI=1S/C21H26F3N7O3S/c1-12(32)19-27-15-11-26-18(10-16(15)31(19)13(2)21(22,23)24)28-17-4-7-25-20(29-17)30-8-5-14(6-9-30)35(3,33)34/h4,7,10-14,32H,5-6,8-9H2,1-3H3,(H,25,26,28,29)/t12-,13+/m1/s1. The zero-order chi connectivity index (χ0) is 25.5. The number of hydrogen-bond donors (Lipinski definition) is 2. The molecule has 0 amide bonds. The summed E-state index contributed by atoms with van der Waals surface area (Å²) < 4.78 is 65.1. The van der Waals surface area contributed by atoms with Gasteiger partial charge >= 0.3 is 6.18 Å². The minimum Gasteiger partial charge on any atom is -0.385 e. The first-order chi connectivity index (χ1) is 16.3. The third-order valence-corrected chi connectivity index (χ3v) is 7.75. The number of halogens is 3. The van der Waals surface area contributed by atoms with E-state index in [4.69, 9.17) is 0 Å². The highest BCUT2D eigenvalue weighted by Crippen LogP contribution is 2.36. The van der Waals surface area contributed by atoms with Crippen molar-refractivity contribution in [2.45, 2.75) is 50.3 Å². The zero-order valence-electron chi connectivity index (χ0n) is 19.4. The second kappa shape index (κ2) is 9.22. The summed E-state index contributed by atoms with van der Waals surface area (Å²) in [7, 11) is -3.10. The van der Waals surface area contributed by atoms with E-state index in [1.165, 1.54) is 31.6 Å². The molecule has 10 nitrogen and oxygen atoms in total. The predicted molar refractivity (Wildman–Crippen MR) is 124 cm³/mol. The maximum absolute atomic E-state index is 13.5. The molecule has 0 aromatic carbocycles. The fraction of sp³-hybridized carbons (Fsp3) is 0.524. The number of aliphatic hydroxyl groups is 1. The highest BCUT2D eigenvalue weighted by molar-refractivity contribution is 7.91. The number of aromatic nitrogens is 5. The van der Waals surface area contributed by atoms with Crippen molar-refractivity contribution in [3.63, 3.8) is 0 Å². The minimum absolute atomic E-state index is 0.106. The number of anilines is 3. The molecule has 1 aliphatic heterocycles. The number of hydrogen-bond acceptors (Lipinski definition) is 9. The Morgan fingerprint density at radius 2 is 1.83 bits per heavy atom. The lowest BCUT2D eigenvalue weighted by atomic mass is 10.1. The molecule has 0 radical (unpaired) electrons. The van der Waals surface area contributed by atoms with Crippen molar-refractivity contribution in [2.24, 2.45) is 0 Å². The van der Waals surface area contributed by atoms with Crippen LogP contribution in [0.15, 0.2) is 24.5 Å². The molecule has 14 heteroatoms. The van der Waals surface area contributed by atoms with E-state index in [2.05, 4.69) is 25.3 Å². The molecule has 3 aromatic rings. The Morgan fingerprint density at radius 3 is 2.43 bits per heavy atom. The summed E-state index contributed by atoms with van der Waals surface area (Å²) in [5, 5.41) is 12.6. The van der Waals surface area contributed by atoms with Crippen LogP contribution < -0.4 is 10.2 Å². The lowest BCUT2D eigenvalue weighted by Gasteiger charge is -2.31. The number of sulfone groups is 1. The molecule has 0 bridgehead atoms. The van der Waals surface area contributed by atoms with Gasteiger partial charge in [-0.05, 0) is 32.8 Å². The highest BCUT2D eigenvalue weighted by atomic mass is 32.2. The quantitative estimate of drug-likeness (QED) is 0.511. The van der Waals surface area contributed by atoms with Gasteiger partial charge in [0.2, 0.25) is 5.95 Å². The van der Waals surface area contributed by atoms with Crippen LogP contribution in [-0.2, 0) is 9.84 Å². The molecular formula is C21H26F3N7O3S. The number of imidazole rings is 1. The van der Waals surface area contributed by atoms with Crippen LogP contribution >= 0.6 is 0 Å². The third-order valence-electron chi connectivity index (χ3n) is 6.07. The normalized spacial score (nSPS) is 17.5. The first-order valence-corrected chi connectivity index (χ1v) is 13.0. The number of rotatable bonds is 6. The van der Waals surface area contributed by atoms with Crippen molar-refractivity contribution in [2.75, 3.05) is 29.6 Å². The maximum atomic E-state index is 13.5. The van der Waals surface area contributed by atoms with E-state index in [-0.39, 0.29) is 27.9 Å². The number of aliphatic hydroxyl groups excluding tert-OH is 1. The maximum Gasteiger partial charge on any atom is 0.408 e. The van der Waals surface area contributed by atoms with Crippen LogP contribution in [0.1, 0.15) is 44.7 Å². The molecule has 2 N–H and O–H groups in total. The topological polar surface area (TPSA) is 126 Å². The zero-order valence-corrected chi connectivity index (χ0v) is 20.2. The molecule has 1 aliphatic rings. The smallest absolute Gasteiger partial charge is 0.385 e. The van der Waals surface area contributed by atoms with Crippen molar-refractivity contribution in [1.29, 1.82) is 0 Å². The number of pyridine rings is 1. The molecule has 0 aliphatic carbocycles. The SMILES string of the molecule is C[C@H](n1c([C@@H](C)O)nc2cnc(Nc3ccnc(N4CCC(S(C)(=O)=O)CC4)n3)cc21)C(F)(F)F. The first kappa shape index (κ1) is 25.1. The second-order valence-electron chi connectivity index (χ2n) is 8.67. The summed E-state index contributed by atoms with van der Waals surface area (Å²) >= 11 is 0. The van der Waals surface area contributed by atoms with Gasteiger partial charge < -0.3 is 19.9 Å². The van der Waals surface area contributed by atoms with Crippen molar-refractivity contribution < 1.29 is 26.7 Å². The second-order valence-corrected chi connectivity index (χ2v) is 11.0. The van der Waals surface area contributed by atoms with Crippen LogP contribution in [0.3, 0.4) is 0 Å². The van der Waals surface area contributed by atoms with Crippen LogP contribution in [-0.4, -0.2) is 68.8 Å². The van der Waals surface area contributed by atoms with Crippen LogP contribution in [0.2, 0.25) is 0 Å². The number of nitrogens with one attached hydrogen (secondary N) is 1. The molecule has 4 rings (SSSR count). The van der Waals surface area contributed by atoms with E-state index in [0.717, 1.165) is 11.5 Å². The Hall–Kier alpha value is -3.00. The lowest BCUT2D eigenvalue weighted by molar-refractivity contribution is -0.163. The molecule has 0 saturated carbocycles. The summed E-state index contributed by atoms with van der Waals surface area (Å²) in [6.07, 6.45) is -0.686. The lowest BCUT2D eigenvalue weighted by Crippen LogP contribution is -2.39. The summed E-state index contributed by atoms with van der Waals surface area (Å²) in [5.74, 6) is 0.920. The number of alkyl halides is 3. The van der Waals surface area contributed by atoms with Gasteiger partial charge in [-0.25, -0.2) is 23.4 Å². The van der Waals surface area contributed by atoms with E-state index >= 15 is 0 Å². The van der Waals surface area contributed by atoms with Crippen molar-refractivity contribution in [3.8, 4) is 0 Å². The average Bonchev–Trinajstić information content (AvgIpc) is 3.16. The first-order valence-electron chi connectivity index (χ1n) is 11.0. The van der Waals surface area contributed by atoms with Crippen LogP contribution in [0, 0.1) is 0 Å². The Morgan fingerprint density at radius 1 is 1.14 bits per heavy atom. The van der Waals surface area contributed by atoms with Gasteiger partial charge in [-0.1, -0.05) is 0 Å². The van der Waals surface area contributed by atoms with Gasteiger partial charge in [-0.2, -0.15) is 18.2 Å². The molecule has 0 spiro atoms. The highest BCUT2D eigenvalue weighted by Gasteiger charge is 2.40. The molecule has 190 valence electrons. The molecule has 1 saturated heterocycles. The largest absolute Gasteiger partial charge is 0.408 e. The summed E-state index contributed by atoms with van der Waals surface area (Å²) in [6, 6.07) is 1.11. The minimum atomic E-state index is -4.54. The number of nitrogens with zero attached hydrogens (tertiary/aromatic N) is 6. The van der Waals surface area contributed by atoms with E-state index < -0.39 is 28.2 Å². The van der Waals surface area contributed by atoms with Crippen molar-refractivity contribution in [3.05, 3.63) is 30.4 Å². The van der Waals surface area contributed by atoms with Crippen molar-refractivity contribution >= 4 is 38.5 Å². The van der Waals surface area contributed by atoms with Crippen LogP contribution in [0.5, 0.6) is 0 Å². The summed E-state index contributed by atoms with van der Waals surface area (Å²) in [5.41, 5.74) is 0.389. The van der Waals surface area contributed by atoms with Crippen LogP contribution in [0.4, 0.5) is 30.8 Å². The fourth-order valence-corrected chi connectivity index (χ4v) is 5.19. The number of fused-ring (bicyclic) bond motifs is 1. The van der Waals surface area contributed by atoms with Gasteiger partial charge in [0.05, 0.1) is 17.0 Å². The van der Waals surface area contributed by atoms with E-state index in [9.17, 15) is 26.7 Å². The Bertz CT molecular complexity index is 1320. The molecule has 0 unspecified atom stereocenters. The summed E-state index contributed by atoms with van der Waals surface area (Å²) in [6.45, 7) is 3.34. The van der Waals surface area contributed by atoms with Crippen molar-refractivity contribution in [1.82, 2.24) is 24.5 Å². The average molecular weight is 514 g/mol. The van der Waals surface area contributed by atoms with Gasteiger partial charge in [0, 0.05) is 31.6 Å². The third kappa shape index (κ3) is 5.32.